The molecule has 152 valence electrons. The molecule has 0 radical (unpaired) electrons. The van der Waals surface area contributed by atoms with Crippen LogP contribution in [-0.4, -0.2) is 38.8 Å². The van der Waals surface area contributed by atoms with Crippen molar-refractivity contribution >= 4 is 16.8 Å². The van der Waals surface area contributed by atoms with Gasteiger partial charge in [-0.15, -0.1) is 0 Å². The zero-order chi connectivity index (χ0) is 20.3. The van der Waals surface area contributed by atoms with E-state index in [2.05, 4.69) is 27.9 Å². The van der Waals surface area contributed by atoms with Crippen molar-refractivity contribution in [3.8, 4) is 0 Å². The van der Waals surface area contributed by atoms with Crippen LogP contribution in [0.4, 0.5) is 0 Å². The summed E-state index contributed by atoms with van der Waals surface area (Å²) in [7, 11) is -1.02. The Kier molecular flexibility index (Phi) is 8.01. The lowest BCUT2D eigenvalue weighted by atomic mass is 10.1. The molecular weight excluding hydrogens is 382 g/mol. The third-order valence-electron chi connectivity index (χ3n) is 4.35. The van der Waals surface area contributed by atoms with Crippen molar-refractivity contribution in [3.63, 3.8) is 0 Å². The van der Waals surface area contributed by atoms with Crippen LogP contribution in [0, 0.1) is 0 Å². The van der Waals surface area contributed by atoms with Crippen LogP contribution in [0.2, 0.25) is 0 Å². The first-order valence-corrected chi connectivity index (χ1v) is 11.1. The number of nitrogens with zero attached hydrogens (tertiary/aromatic N) is 3. The van der Waals surface area contributed by atoms with E-state index < -0.39 is 10.8 Å². The van der Waals surface area contributed by atoms with E-state index in [1.807, 2.05) is 66.3 Å². The van der Waals surface area contributed by atoms with Crippen molar-refractivity contribution in [1.29, 1.82) is 0 Å². The second-order valence-corrected chi connectivity index (χ2v) is 8.03. The fourth-order valence-electron chi connectivity index (χ4n) is 2.89. The van der Waals surface area contributed by atoms with Crippen LogP contribution < -0.4 is 10.6 Å². The van der Waals surface area contributed by atoms with Crippen LogP contribution in [0.1, 0.15) is 18.1 Å². The molecule has 6 nitrogen and oxygen atoms in total. The van der Waals surface area contributed by atoms with Crippen molar-refractivity contribution in [2.24, 2.45) is 4.99 Å². The second-order valence-electron chi connectivity index (χ2n) is 6.46. The quantitative estimate of drug-likeness (QED) is 0.421. The van der Waals surface area contributed by atoms with Crippen LogP contribution in [0.15, 0.2) is 82.9 Å². The number of benzene rings is 2. The van der Waals surface area contributed by atoms with Gasteiger partial charge < -0.3 is 10.6 Å². The first-order valence-electron chi connectivity index (χ1n) is 9.76. The fraction of sp³-hybridized carbons (Fsp3) is 0.273. The fourth-order valence-corrected chi connectivity index (χ4v) is 3.88. The highest BCUT2D eigenvalue weighted by Crippen LogP contribution is 2.11. The summed E-state index contributed by atoms with van der Waals surface area (Å²) in [5, 5.41) is 10.8. The highest BCUT2D eigenvalue weighted by Gasteiger charge is 2.06. The van der Waals surface area contributed by atoms with Crippen molar-refractivity contribution < 1.29 is 4.21 Å². The minimum Gasteiger partial charge on any atom is -0.357 e. The maximum Gasteiger partial charge on any atom is 0.191 e. The molecule has 0 aliphatic heterocycles. The Bertz CT molecular complexity index is 925. The molecule has 0 saturated heterocycles. The molecule has 0 aliphatic rings. The minimum absolute atomic E-state index is 0.532. The number of rotatable bonds is 9. The van der Waals surface area contributed by atoms with Gasteiger partial charge >= 0.3 is 0 Å². The van der Waals surface area contributed by atoms with E-state index in [-0.39, 0.29) is 0 Å². The Morgan fingerprint density at radius 2 is 1.79 bits per heavy atom. The normalized spacial score (nSPS) is 12.5. The molecule has 0 bridgehead atoms. The zero-order valence-corrected chi connectivity index (χ0v) is 17.4. The number of aromatic nitrogens is 2. The average Bonchev–Trinajstić information content (AvgIpc) is 3.26. The van der Waals surface area contributed by atoms with Crippen LogP contribution in [0.25, 0.3) is 0 Å². The molecule has 0 saturated carbocycles. The standard InChI is InChI=1S/C22H27N5OS/c1-2-23-22(24-14-16-29(28)21-11-4-3-5-12-21)25-17-19-9-6-7-10-20(19)18-27-15-8-13-26-27/h3-13,15H,2,14,16-18H2,1H3,(H2,23,24,25). The lowest BCUT2D eigenvalue weighted by Crippen LogP contribution is -2.39. The smallest absolute Gasteiger partial charge is 0.191 e. The van der Waals surface area contributed by atoms with Gasteiger partial charge in [0.25, 0.3) is 0 Å². The van der Waals surface area contributed by atoms with Crippen LogP contribution in [-0.2, 0) is 23.9 Å². The molecule has 0 spiro atoms. The zero-order valence-electron chi connectivity index (χ0n) is 16.6. The summed E-state index contributed by atoms with van der Waals surface area (Å²) >= 11 is 0. The molecule has 1 aromatic heterocycles. The summed E-state index contributed by atoms with van der Waals surface area (Å²) in [6.45, 7) is 4.67. The van der Waals surface area contributed by atoms with Gasteiger partial charge in [0, 0.05) is 36.1 Å². The van der Waals surface area contributed by atoms with E-state index >= 15 is 0 Å². The Morgan fingerprint density at radius 1 is 1.03 bits per heavy atom. The van der Waals surface area contributed by atoms with E-state index in [4.69, 9.17) is 4.99 Å². The monoisotopic (exact) mass is 409 g/mol. The van der Waals surface area contributed by atoms with Gasteiger partial charge in [0.2, 0.25) is 0 Å². The molecule has 1 unspecified atom stereocenters. The molecule has 2 N–H and O–H groups in total. The number of hydrogen-bond donors (Lipinski definition) is 2. The van der Waals surface area contributed by atoms with E-state index in [9.17, 15) is 4.21 Å². The van der Waals surface area contributed by atoms with Crippen molar-refractivity contribution in [2.75, 3.05) is 18.8 Å². The van der Waals surface area contributed by atoms with Crippen LogP contribution in [0.5, 0.6) is 0 Å². The molecular formula is C22H27N5OS. The van der Waals surface area contributed by atoms with Crippen LogP contribution >= 0.6 is 0 Å². The first kappa shape index (κ1) is 20.8. The van der Waals surface area contributed by atoms with E-state index in [0.717, 1.165) is 29.5 Å². The molecule has 3 aromatic rings. The lowest BCUT2D eigenvalue weighted by molar-refractivity contribution is 0.680. The number of hydrogen-bond acceptors (Lipinski definition) is 3. The lowest BCUT2D eigenvalue weighted by Gasteiger charge is -2.12. The van der Waals surface area contributed by atoms with Gasteiger partial charge in [0.05, 0.1) is 23.9 Å². The Labute approximate surface area is 174 Å². The van der Waals surface area contributed by atoms with E-state index in [1.165, 1.54) is 5.56 Å². The summed E-state index contributed by atoms with van der Waals surface area (Å²) < 4.78 is 14.3. The molecule has 0 amide bonds. The van der Waals surface area contributed by atoms with E-state index in [1.54, 1.807) is 6.20 Å². The Balaban J connectivity index is 1.58. The number of aliphatic imine (C=N–C) groups is 1. The Hall–Kier alpha value is -2.93. The molecule has 3 rings (SSSR count). The molecule has 7 heteroatoms. The largest absolute Gasteiger partial charge is 0.357 e. The van der Waals surface area contributed by atoms with Crippen molar-refractivity contribution in [3.05, 3.63) is 84.2 Å². The minimum atomic E-state index is -1.02. The van der Waals surface area contributed by atoms with Gasteiger partial charge in [-0.25, -0.2) is 4.99 Å². The van der Waals surface area contributed by atoms with Gasteiger partial charge in [0.15, 0.2) is 5.96 Å². The number of guanidine groups is 1. The summed E-state index contributed by atoms with van der Waals surface area (Å²) in [5.41, 5.74) is 2.36. The molecule has 1 heterocycles. The van der Waals surface area contributed by atoms with Gasteiger partial charge in [-0.05, 0) is 36.2 Å². The first-order chi connectivity index (χ1) is 14.3. The molecule has 2 aromatic carbocycles. The number of nitrogens with one attached hydrogen (secondary N) is 2. The summed E-state index contributed by atoms with van der Waals surface area (Å²) in [4.78, 5) is 5.56. The van der Waals surface area contributed by atoms with Crippen molar-refractivity contribution in [1.82, 2.24) is 20.4 Å². The summed E-state index contributed by atoms with van der Waals surface area (Å²) in [6.07, 6.45) is 3.74. The van der Waals surface area contributed by atoms with Crippen LogP contribution in [0.3, 0.4) is 0 Å². The predicted molar refractivity (Wildman–Crippen MR) is 118 cm³/mol. The van der Waals surface area contributed by atoms with Gasteiger partial charge in [0.1, 0.15) is 0 Å². The highest BCUT2D eigenvalue weighted by molar-refractivity contribution is 7.85. The SMILES string of the molecule is CCNC(=NCc1ccccc1Cn1cccn1)NCCS(=O)c1ccccc1. The third kappa shape index (κ3) is 6.57. The maximum absolute atomic E-state index is 12.4. The highest BCUT2D eigenvalue weighted by atomic mass is 32.2. The average molecular weight is 410 g/mol. The summed E-state index contributed by atoms with van der Waals surface area (Å²) in [5.74, 6) is 1.26. The third-order valence-corrected chi connectivity index (χ3v) is 5.72. The second kappa shape index (κ2) is 11.2. The Morgan fingerprint density at radius 3 is 2.52 bits per heavy atom. The van der Waals surface area contributed by atoms with Gasteiger partial charge in [-0.3, -0.25) is 8.89 Å². The topological polar surface area (TPSA) is 71.3 Å². The van der Waals surface area contributed by atoms with Crippen molar-refractivity contribution in [2.45, 2.75) is 24.9 Å². The van der Waals surface area contributed by atoms with E-state index in [0.29, 0.717) is 18.8 Å². The van der Waals surface area contributed by atoms with Gasteiger partial charge in [-0.1, -0.05) is 42.5 Å². The van der Waals surface area contributed by atoms with Gasteiger partial charge in [-0.2, -0.15) is 5.10 Å². The molecule has 1 atom stereocenters. The molecule has 0 aliphatic carbocycles. The molecule has 0 fully saturated rings. The molecule has 29 heavy (non-hydrogen) atoms. The predicted octanol–water partition coefficient (Wildman–Crippen LogP) is 2.79. The summed E-state index contributed by atoms with van der Waals surface area (Å²) in [6, 6.07) is 19.7. The maximum atomic E-state index is 12.4.